The van der Waals surface area contributed by atoms with E-state index in [4.69, 9.17) is 0 Å². The van der Waals surface area contributed by atoms with Crippen molar-refractivity contribution in [1.82, 2.24) is 15.5 Å². The van der Waals surface area contributed by atoms with Gasteiger partial charge in [0.05, 0.1) is 6.10 Å². The third kappa shape index (κ3) is 2.33. The topological polar surface area (TPSA) is 60.9 Å². The average molecular weight is 195 g/mol. The van der Waals surface area contributed by atoms with Gasteiger partial charge in [0.1, 0.15) is 0 Å². The van der Waals surface area contributed by atoms with Crippen LogP contribution in [0, 0.1) is 0 Å². The molecule has 14 heavy (non-hydrogen) atoms. The summed E-state index contributed by atoms with van der Waals surface area (Å²) >= 11 is 0. The number of aliphatic hydroxyl groups excluding tert-OH is 1. The molecule has 0 spiro atoms. The van der Waals surface area contributed by atoms with Gasteiger partial charge in [-0.05, 0) is 18.9 Å². The van der Waals surface area contributed by atoms with Crippen LogP contribution in [0.25, 0.3) is 0 Å². The maximum absolute atomic E-state index is 9.71. The molecule has 4 nitrogen and oxygen atoms in total. The summed E-state index contributed by atoms with van der Waals surface area (Å²) in [6.45, 7) is 0.766. The molecule has 0 bridgehead atoms. The normalized spacial score (nSPS) is 27.8. The molecule has 1 aliphatic carbocycles. The molecule has 4 heteroatoms. The van der Waals surface area contributed by atoms with Gasteiger partial charge in [0.15, 0.2) is 0 Å². The second kappa shape index (κ2) is 4.57. The number of aromatic amines is 1. The standard InChI is InChI=1S/C10H17N3O/c14-10-4-2-1-3-9(10)11-7-8-5-6-12-13-8/h5-6,9-11,14H,1-4,7H2,(H,12,13)/t9-,10+/m0/s1. The molecule has 1 aromatic rings. The number of H-pyrrole nitrogens is 1. The summed E-state index contributed by atoms with van der Waals surface area (Å²) in [5.41, 5.74) is 1.07. The highest BCUT2D eigenvalue weighted by Gasteiger charge is 2.22. The van der Waals surface area contributed by atoms with E-state index in [-0.39, 0.29) is 12.1 Å². The van der Waals surface area contributed by atoms with Crippen molar-refractivity contribution in [2.45, 2.75) is 44.4 Å². The lowest BCUT2D eigenvalue weighted by Gasteiger charge is -2.28. The Balaban J connectivity index is 1.79. The summed E-state index contributed by atoms with van der Waals surface area (Å²) in [6.07, 6.45) is 5.96. The highest BCUT2D eigenvalue weighted by Crippen LogP contribution is 2.18. The lowest BCUT2D eigenvalue weighted by Crippen LogP contribution is -2.41. The van der Waals surface area contributed by atoms with Gasteiger partial charge in [-0.25, -0.2) is 0 Å². The SMILES string of the molecule is O[C@@H]1CCCC[C@@H]1NCc1ccn[nH]1. The summed E-state index contributed by atoms with van der Waals surface area (Å²) in [5.74, 6) is 0. The van der Waals surface area contributed by atoms with Crippen molar-refractivity contribution in [2.24, 2.45) is 0 Å². The minimum absolute atomic E-state index is 0.174. The first-order valence-electron chi connectivity index (χ1n) is 5.26. The van der Waals surface area contributed by atoms with E-state index in [9.17, 15) is 5.11 Å². The van der Waals surface area contributed by atoms with Crippen molar-refractivity contribution >= 4 is 0 Å². The average Bonchev–Trinajstić information content (AvgIpc) is 2.69. The van der Waals surface area contributed by atoms with Gasteiger partial charge in [0.25, 0.3) is 0 Å². The van der Waals surface area contributed by atoms with E-state index in [0.29, 0.717) is 0 Å². The van der Waals surface area contributed by atoms with Gasteiger partial charge >= 0.3 is 0 Å². The molecule has 2 atom stereocenters. The molecule has 0 aromatic carbocycles. The van der Waals surface area contributed by atoms with E-state index in [2.05, 4.69) is 15.5 Å². The molecule has 0 saturated heterocycles. The number of hydrogen-bond acceptors (Lipinski definition) is 3. The number of rotatable bonds is 3. The Morgan fingerprint density at radius 3 is 3.07 bits per heavy atom. The molecule has 0 unspecified atom stereocenters. The number of nitrogens with one attached hydrogen (secondary N) is 2. The Labute approximate surface area is 83.7 Å². The Morgan fingerprint density at radius 2 is 2.36 bits per heavy atom. The number of aromatic nitrogens is 2. The van der Waals surface area contributed by atoms with Crippen LogP contribution in [0.1, 0.15) is 31.4 Å². The van der Waals surface area contributed by atoms with Gasteiger partial charge < -0.3 is 10.4 Å². The molecule has 1 heterocycles. The van der Waals surface area contributed by atoms with Crippen LogP contribution in [-0.4, -0.2) is 27.4 Å². The lowest BCUT2D eigenvalue weighted by molar-refractivity contribution is 0.0901. The molecule has 1 aromatic heterocycles. The zero-order valence-electron chi connectivity index (χ0n) is 8.24. The second-order valence-corrected chi connectivity index (χ2v) is 3.92. The van der Waals surface area contributed by atoms with Crippen LogP contribution in [-0.2, 0) is 6.54 Å². The van der Waals surface area contributed by atoms with Gasteiger partial charge in [0, 0.05) is 24.5 Å². The smallest absolute Gasteiger partial charge is 0.0693 e. The monoisotopic (exact) mass is 195 g/mol. The molecule has 0 radical (unpaired) electrons. The third-order valence-electron chi connectivity index (χ3n) is 2.84. The fourth-order valence-electron chi connectivity index (χ4n) is 1.97. The molecule has 1 fully saturated rings. The first kappa shape index (κ1) is 9.68. The van der Waals surface area contributed by atoms with E-state index in [0.717, 1.165) is 31.5 Å². The maximum Gasteiger partial charge on any atom is 0.0693 e. The molecular formula is C10H17N3O. The highest BCUT2D eigenvalue weighted by molar-refractivity contribution is 4.97. The summed E-state index contributed by atoms with van der Waals surface area (Å²) in [4.78, 5) is 0. The number of aliphatic hydroxyl groups is 1. The zero-order chi connectivity index (χ0) is 9.80. The van der Waals surface area contributed by atoms with Gasteiger partial charge in [-0.1, -0.05) is 12.8 Å². The largest absolute Gasteiger partial charge is 0.392 e. The Kier molecular flexibility index (Phi) is 3.16. The third-order valence-corrected chi connectivity index (χ3v) is 2.84. The summed E-state index contributed by atoms with van der Waals surface area (Å²) in [5, 5.41) is 19.8. The van der Waals surface area contributed by atoms with Crippen molar-refractivity contribution in [1.29, 1.82) is 0 Å². The van der Waals surface area contributed by atoms with E-state index >= 15 is 0 Å². The van der Waals surface area contributed by atoms with Crippen molar-refractivity contribution in [3.8, 4) is 0 Å². The Bertz CT molecular complexity index is 260. The van der Waals surface area contributed by atoms with Crippen LogP contribution in [0.2, 0.25) is 0 Å². The predicted molar refractivity (Wildman–Crippen MR) is 53.7 cm³/mol. The first-order chi connectivity index (χ1) is 6.86. The van der Waals surface area contributed by atoms with Crippen LogP contribution in [0.5, 0.6) is 0 Å². The molecule has 78 valence electrons. The van der Waals surface area contributed by atoms with Gasteiger partial charge in [0.2, 0.25) is 0 Å². The van der Waals surface area contributed by atoms with Gasteiger partial charge in [-0.3, -0.25) is 5.10 Å². The minimum atomic E-state index is -0.174. The van der Waals surface area contributed by atoms with Crippen LogP contribution < -0.4 is 5.32 Å². The van der Waals surface area contributed by atoms with E-state index in [1.807, 2.05) is 6.07 Å². The predicted octanol–water partition coefficient (Wildman–Crippen LogP) is 0.803. The lowest BCUT2D eigenvalue weighted by atomic mass is 9.92. The Morgan fingerprint density at radius 1 is 1.50 bits per heavy atom. The van der Waals surface area contributed by atoms with Crippen LogP contribution in [0.4, 0.5) is 0 Å². The summed E-state index contributed by atoms with van der Waals surface area (Å²) in [6, 6.07) is 2.20. The van der Waals surface area contributed by atoms with E-state index in [1.54, 1.807) is 6.20 Å². The molecule has 3 N–H and O–H groups in total. The van der Waals surface area contributed by atoms with Gasteiger partial charge in [-0.2, -0.15) is 5.10 Å². The van der Waals surface area contributed by atoms with Gasteiger partial charge in [-0.15, -0.1) is 0 Å². The molecule has 1 aliphatic rings. The summed E-state index contributed by atoms with van der Waals surface area (Å²) < 4.78 is 0. The van der Waals surface area contributed by atoms with Crippen molar-refractivity contribution in [2.75, 3.05) is 0 Å². The number of hydrogen-bond donors (Lipinski definition) is 3. The fraction of sp³-hybridized carbons (Fsp3) is 0.700. The maximum atomic E-state index is 9.71. The van der Waals surface area contributed by atoms with Crippen LogP contribution >= 0.6 is 0 Å². The quantitative estimate of drug-likeness (QED) is 0.668. The molecule has 1 saturated carbocycles. The van der Waals surface area contributed by atoms with E-state index < -0.39 is 0 Å². The van der Waals surface area contributed by atoms with Crippen LogP contribution in [0.3, 0.4) is 0 Å². The summed E-state index contributed by atoms with van der Waals surface area (Å²) in [7, 11) is 0. The second-order valence-electron chi connectivity index (χ2n) is 3.92. The number of nitrogens with zero attached hydrogens (tertiary/aromatic N) is 1. The molecule has 0 amide bonds. The molecule has 2 rings (SSSR count). The molecular weight excluding hydrogens is 178 g/mol. The highest BCUT2D eigenvalue weighted by atomic mass is 16.3. The fourth-order valence-corrected chi connectivity index (χ4v) is 1.97. The first-order valence-corrected chi connectivity index (χ1v) is 5.26. The zero-order valence-corrected chi connectivity index (χ0v) is 8.24. The molecule has 0 aliphatic heterocycles. The van der Waals surface area contributed by atoms with Crippen molar-refractivity contribution in [3.05, 3.63) is 18.0 Å². The van der Waals surface area contributed by atoms with E-state index in [1.165, 1.54) is 6.42 Å². The van der Waals surface area contributed by atoms with Crippen molar-refractivity contribution < 1.29 is 5.11 Å². The van der Waals surface area contributed by atoms with Crippen LogP contribution in [0.15, 0.2) is 12.3 Å². The van der Waals surface area contributed by atoms with Crippen molar-refractivity contribution in [3.63, 3.8) is 0 Å². The Hall–Kier alpha value is -0.870. The minimum Gasteiger partial charge on any atom is -0.392 e.